The second-order valence-corrected chi connectivity index (χ2v) is 4.98. The molecule has 0 aliphatic carbocycles. The lowest BCUT2D eigenvalue weighted by molar-refractivity contribution is 0.317. The number of nitrogens with zero attached hydrogens (tertiary/aromatic N) is 5. The van der Waals surface area contributed by atoms with Gasteiger partial charge in [-0.25, -0.2) is 9.97 Å². The number of aryl methyl sites for hydroxylation is 1. The van der Waals surface area contributed by atoms with Gasteiger partial charge < -0.3 is 4.90 Å². The van der Waals surface area contributed by atoms with Gasteiger partial charge in [-0.1, -0.05) is 0 Å². The molecule has 6 heteroatoms. The van der Waals surface area contributed by atoms with E-state index in [1.807, 2.05) is 44.5 Å². The molecule has 0 amide bonds. The maximum Gasteiger partial charge on any atom is 0.224 e. The Morgan fingerprint density at radius 3 is 2.26 bits per heavy atom. The Morgan fingerprint density at radius 2 is 1.74 bits per heavy atom. The van der Waals surface area contributed by atoms with Crippen LogP contribution in [0.3, 0.4) is 0 Å². The third-order valence-corrected chi connectivity index (χ3v) is 2.92. The zero-order valence-electron chi connectivity index (χ0n) is 11.9. The lowest BCUT2D eigenvalue weighted by Gasteiger charge is -2.16. The number of anilines is 1. The van der Waals surface area contributed by atoms with E-state index in [9.17, 15) is 0 Å². The average Bonchev–Trinajstić information content (AvgIpc) is 2.75. The summed E-state index contributed by atoms with van der Waals surface area (Å²) in [5.74, 6) is 0.733. The molecule has 6 nitrogen and oxygen atoms in total. The van der Waals surface area contributed by atoms with Crippen molar-refractivity contribution in [3.63, 3.8) is 0 Å². The van der Waals surface area contributed by atoms with Crippen molar-refractivity contribution in [3.8, 4) is 0 Å². The van der Waals surface area contributed by atoms with E-state index in [4.69, 9.17) is 0 Å². The number of nitrogens with one attached hydrogen (secondary N) is 1. The van der Waals surface area contributed by atoms with Gasteiger partial charge in [0.2, 0.25) is 5.95 Å². The summed E-state index contributed by atoms with van der Waals surface area (Å²) in [7, 11) is 5.94. The molecule has 102 valence electrons. The zero-order valence-corrected chi connectivity index (χ0v) is 11.9. The highest BCUT2D eigenvalue weighted by Crippen LogP contribution is 2.10. The number of hydrogen-bond donors (Lipinski definition) is 1. The molecule has 0 saturated heterocycles. The Bertz CT molecular complexity index is 516. The van der Waals surface area contributed by atoms with Crippen LogP contribution < -0.4 is 4.90 Å². The highest BCUT2D eigenvalue weighted by molar-refractivity contribution is 5.26. The van der Waals surface area contributed by atoms with Crippen LogP contribution in [-0.4, -0.2) is 46.2 Å². The summed E-state index contributed by atoms with van der Waals surface area (Å²) in [6, 6.07) is 0. The van der Waals surface area contributed by atoms with Crippen LogP contribution in [0.2, 0.25) is 0 Å². The molecule has 0 aliphatic heterocycles. The summed E-state index contributed by atoms with van der Waals surface area (Å²) < 4.78 is 0. The molecule has 1 N–H and O–H groups in total. The van der Waals surface area contributed by atoms with Crippen molar-refractivity contribution in [2.24, 2.45) is 0 Å². The van der Waals surface area contributed by atoms with Crippen molar-refractivity contribution in [1.82, 2.24) is 25.1 Å². The summed E-state index contributed by atoms with van der Waals surface area (Å²) in [4.78, 5) is 12.7. The van der Waals surface area contributed by atoms with E-state index < -0.39 is 0 Å². The van der Waals surface area contributed by atoms with Crippen molar-refractivity contribution >= 4 is 5.95 Å². The molecule has 0 atom stereocenters. The van der Waals surface area contributed by atoms with Gasteiger partial charge in [0.15, 0.2) is 0 Å². The van der Waals surface area contributed by atoms with E-state index in [1.165, 1.54) is 5.56 Å². The fourth-order valence-electron chi connectivity index (χ4n) is 1.85. The van der Waals surface area contributed by atoms with E-state index in [-0.39, 0.29) is 0 Å². The molecule has 0 bridgehead atoms. The summed E-state index contributed by atoms with van der Waals surface area (Å²) in [5, 5.41) is 6.98. The van der Waals surface area contributed by atoms with Gasteiger partial charge >= 0.3 is 0 Å². The third kappa shape index (κ3) is 3.51. The maximum absolute atomic E-state index is 4.32. The molecule has 0 fully saturated rings. The Balaban J connectivity index is 1.95. The van der Waals surface area contributed by atoms with Gasteiger partial charge in [-0.2, -0.15) is 5.10 Å². The van der Waals surface area contributed by atoms with Gasteiger partial charge in [0, 0.05) is 56.4 Å². The first-order chi connectivity index (χ1) is 9.06. The largest absolute Gasteiger partial charge is 0.347 e. The number of H-pyrrole nitrogens is 1. The lowest BCUT2D eigenvalue weighted by atomic mass is 10.2. The SMILES string of the molecule is Cc1[nH]ncc1CN(C)Cc1cnc(N(C)C)nc1. The van der Waals surface area contributed by atoms with Crippen molar-refractivity contribution in [2.75, 3.05) is 26.0 Å². The minimum absolute atomic E-state index is 0.733. The average molecular weight is 260 g/mol. The molecule has 0 unspecified atom stereocenters. The van der Waals surface area contributed by atoms with Crippen LogP contribution in [0.25, 0.3) is 0 Å². The van der Waals surface area contributed by atoms with Crippen molar-refractivity contribution in [2.45, 2.75) is 20.0 Å². The fraction of sp³-hybridized carbons (Fsp3) is 0.462. The van der Waals surface area contributed by atoms with Crippen LogP contribution in [0.4, 0.5) is 5.95 Å². The fourth-order valence-corrected chi connectivity index (χ4v) is 1.85. The van der Waals surface area contributed by atoms with Gasteiger partial charge in [0.1, 0.15) is 0 Å². The van der Waals surface area contributed by atoms with Crippen LogP contribution in [-0.2, 0) is 13.1 Å². The van der Waals surface area contributed by atoms with Crippen molar-refractivity contribution < 1.29 is 0 Å². The molecule has 0 spiro atoms. The van der Waals surface area contributed by atoms with Crippen LogP contribution in [0, 0.1) is 6.92 Å². The van der Waals surface area contributed by atoms with E-state index in [0.717, 1.165) is 30.3 Å². The second kappa shape index (κ2) is 5.79. The first-order valence-corrected chi connectivity index (χ1v) is 6.22. The Kier molecular flexibility index (Phi) is 4.11. The van der Waals surface area contributed by atoms with E-state index >= 15 is 0 Å². The van der Waals surface area contributed by atoms with Crippen LogP contribution in [0.15, 0.2) is 18.6 Å². The van der Waals surface area contributed by atoms with Crippen LogP contribution in [0.1, 0.15) is 16.8 Å². The molecule has 0 radical (unpaired) electrons. The van der Waals surface area contributed by atoms with Gasteiger partial charge in [-0.05, 0) is 14.0 Å². The highest BCUT2D eigenvalue weighted by atomic mass is 15.2. The molecule has 0 saturated carbocycles. The molecule has 2 rings (SSSR count). The standard InChI is InChI=1S/C13H20N6/c1-10-12(7-16-17-10)9-19(4)8-11-5-14-13(15-6-11)18(2)3/h5-7H,8-9H2,1-4H3,(H,16,17). The van der Waals surface area contributed by atoms with E-state index in [1.54, 1.807) is 0 Å². The second-order valence-electron chi connectivity index (χ2n) is 4.98. The molecule has 0 aliphatic rings. The number of aromatic nitrogens is 4. The number of rotatable bonds is 5. The number of hydrogen-bond acceptors (Lipinski definition) is 5. The summed E-state index contributed by atoms with van der Waals surface area (Å²) >= 11 is 0. The predicted octanol–water partition coefficient (Wildman–Crippen LogP) is 1.21. The zero-order chi connectivity index (χ0) is 13.8. The minimum Gasteiger partial charge on any atom is -0.347 e. The first-order valence-electron chi connectivity index (χ1n) is 6.22. The first kappa shape index (κ1) is 13.5. The third-order valence-electron chi connectivity index (χ3n) is 2.92. The summed E-state index contributed by atoms with van der Waals surface area (Å²) in [5.41, 5.74) is 3.44. The smallest absolute Gasteiger partial charge is 0.224 e. The molecule has 19 heavy (non-hydrogen) atoms. The Morgan fingerprint density at radius 1 is 1.05 bits per heavy atom. The molecular weight excluding hydrogens is 240 g/mol. The van der Waals surface area contributed by atoms with E-state index in [0.29, 0.717) is 0 Å². The van der Waals surface area contributed by atoms with Gasteiger partial charge in [0.05, 0.1) is 6.20 Å². The Labute approximate surface area is 113 Å². The van der Waals surface area contributed by atoms with E-state index in [2.05, 4.69) is 32.1 Å². The lowest BCUT2D eigenvalue weighted by Crippen LogP contribution is -2.18. The molecule has 0 aromatic carbocycles. The van der Waals surface area contributed by atoms with Gasteiger partial charge in [0.25, 0.3) is 0 Å². The van der Waals surface area contributed by atoms with Gasteiger partial charge in [-0.15, -0.1) is 0 Å². The maximum atomic E-state index is 4.32. The monoisotopic (exact) mass is 260 g/mol. The molecular formula is C13H20N6. The molecule has 2 aromatic rings. The molecule has 2 heterocycles. The summed E-state index contributed by atoms with van der Waals surface area (Å²) in [6.45, 7) is 3.71. The van der Waals surface area contributed by atoms with Crippen LogP contribution in [0.5, 0.6) is 0 Å². The van der Waals surface area contributed by atoms with Crippen molar-refractivity contribution in [1.29, 1.82) is 0 Å². The molecule has 2 aromatic heterocycles. The number of aromatic amines is 1. The Hall–Kier alpha value is -1.95. The summed E-state index contributed by atoms with van der Waals surface area (Å²) in [6.07, 6.45) is 5.62. The van der Waals surface area contributed by atoms with Gasteiger partial charge in [-0.3, -0.25) is 10.00 Å². The van der Waals surface area contributed by atoms with Crippen molar-refractivity contribution in [3.05, 3.63) is 35.4 Å². The quantitative estimate of drug-likeness (QED) is 0.875. The minimum atomic E-state index is 0.733. The highest BCUT2D eigenvalue weighted by Gasteiger charge is 2.06. The normalized spacial score (nSPS) is 11.0. The topological polar surface area (TPSA) is 60.9 Å². The predicted molar refractivity (Wildman–Crippen MR) is 74.9 cm³/mol. The van der Waals surface area contributed by atoms with Crippen LogP contribution >= 0.6 is 0 Å².